The summed E-state index contributed by atoms with van der Waals surface area (Å²) < 4.78 is 8.74. The van der Waals surface area contributed by atoms with Crippen molar-refractivity contribution in [3.8, 4) is 0 Å². The fraction of sp³-hybridized carbons (Fsp3) is 0. The first-order valence-corrected chi connectivity index (χ1v) is 3.38. The van der Waals surface area contributed by atoms with Crippen molar-refractivity contribution < 1.29 is 19.8 Å². The molecular weight excluding hydrogens is 198 g/mol. The molecule has 0 bridgehead atoms. The predicted molar refractivity (Wildman–Crippen MR) is 42.8 cm³/mol. The van der Waals surface area contributed by atoms with Gasteiger partial charge < -0.3 is 20.2 Å². The summed E-state index contributed by atoms with van der Waals surface area (Å²) in [5, 5.41) is 0. The van der Waals surface area contributed by atoms with Gasteiger partial charge in [-0.2, -0.15) is 0 Å². The van der Waals surface area contributed by atoms with Gasteiger partial charge in [0.1, 0.15) is 0 Å². The Hall–Kier alpha value is 0.956. The van der Waals surface area contributed by atoms with Crippen LogP contribution in [0.4, 0.5) is 0 Å². The Morgan fingerprint density at radius 2 is 1.91 bits per heavy atom. The van der Waals surface area contributed by atoms with E-state index in [0.29, 0.717) is 0 Å². The minimum Gasteiger partial charge on any atom is -0.351 e. The van der Waals surface area contributed by atoms with Gasteiger partial charge in [-0.3, -0.25) is 4.57 Å². The number of imidazole rings is 1. The molecule has 0 saturated carbocycles. The molecular formula is C3H10KN2O4P. The van der Waals surface area contributed by atoms with Crippen molar-refractivity contribution in [1.82, 2.24) is 9.97 Å². The summed E-state index contributed by atoms with van der Waals surface area (Å²) in [5.74, 6) is 0. The van der Waals surface area contributed by atoms with Crippen molar-refractivity contribution in [1.29, 1.82) is 0 Å². The van der Waals surface area contributed by atoms with Gasteiger partial charge >= 0.3 is 59.6 Å². The third kappa shape index (κ3) is 24.8. The van der Waals surface area contributed by atoms with E-state index in [1.165, 1.54) is 0 Å². The minimum atomic E-state index is -3.13. The zero-order valence-corrected chi connectivity index (χ0v) is 5.98. The second kappa shape index (κ2) is 13.5. The Kier molecular flexibility index (Phi) is 22.0. The Labute approximate surface area is 107 Å². The van der Waals surface area contributed by atoms with Crippen LogP contribution < -0.4 is 0 Å². The summed E-state index contributed by atoms with van der Waals surface area (Å²) in [5.41, 5.74) is 0. The van der Waals surface area contributed by atoms with E-state index in [2.05, 4.69) is 9.97 Å². The fourth-order valence-corrected chi connectivity index (χ4v) is 0.215. The number of aromatic nitrogens is 2. The molecule has 0 fully saturated rings. The number of nitrogens with one attached hydrogen (secondary N) is 1. The summed E-state index contributed by atoms with van der Waals surface area (Å²) >= 11 is 0. The molecule has 0 aromatic carbocycles. The molecule has 0 spiro atoms. The van der Waals surface area contributed by atoms with Crippen LogP contribution in [0.5, 0.6) is 0 Å². The molecule has 0 amide bonds. The van der Waals surface area contributed by atoms with Crippen molar-refractivity contribution >= 4 is 59.6 Å². The van der Waals surface area contributed by atoms with Gasteiger partial charge in [-0.05, 0) is 0 Å². The zero-order chi connectivity index (χ0) is 7.11. The van der Waals surface area contributed by atoms with Crippen LogP contribution in [-0.2, 0) is 4.57 Å². The maximum Gasteiger partial charge on any atom is 0.0919 e. The molecule has 1 rings (SSSR count). The monoisotopic (exact) mass is 208 g/mol. The summed E-state index contributed by atoms with van der Waals surface area (Å²) in [6, 6.07) is 0. The van der Waals surface area contributed by atoms with E-state index in [9.17, 15) is 0 Å². The van der Waals surface area contributed by atoms with Crippen molar-refractivity contribution in [2.75, 3.05) is 0 Å². The molecule has 0 saturated heterocycles. The SMILES string of the molecule is O.O=[PH](O)O.[KH].c1c[nH]cn1. The molecule has 0 radical (unpaired) electrons. The fourth-order valence-electron chi connectivity index (χ4n) is 0.215. The van der Waals surface area contributed by atoms with Crippen molar-refractivity contribution in [3.05, 3.63) is 18.7 Å². The summed E-state index contributed by atoms with van der Waals surface area (Å²) in [4.78, 5) is 20.7. The van der Waals surface area contributed by atoms with Gasteiger partial charge in [0.2, 0.25) is 0 Å². The molecule has 8 heteroatoms. The van der Waals surface area contributed by atoms with Gasteiger partial charge in [0.05, 0.1) is 6.33 Å². The van der Waals surface area contributed by atoms with Crippen LogP contribution in [0.15, 0.2) is 18.7 Å². The van der Waals surface area contributed by atoms with E-state index in [0.717, 1.165) is 0 Å². The van der Waals surface area contributed by atoms with Gasteiger partial charge in [-0.1, -0.05) is 0 Å². The first-order chi connectivity index (χ1) is 4.23. The van der Waals surface area contributed by atoms with Crippen LogP contribution in [0.3, 0.4) is 0 Å². The molecule has 6 nitrogen and oxygen atoms in total. The molecule has 62 valence electrons. The maximum atomic E-state index is 8.74. The Balaban J connectivity index is -0.000000101. The first-order valence-electron chi connectivity index (χ1n) is 2.08. The second-order valence-corrected chi connectivity index (χ2v) is 1.61. The van der Waals surface area contributed by atoms with Crippen LogP contribution in [0.2, 0.25) is 0 Å². The van der Waals surface area contributed by atoms with E-state index in [1.807, 2.05) is 0 Å². The van der Waals surface area contributed by atoms with Crippen molar-refractivity contribution in [3.63, 3.8) is 0 Å². The molecule has 0 aliphatic carbocycles. The molecule has 0 unspecified atom stereocenters. The quantitative estimate of drug-likeness (QED) is 0.347. The molecule has 0 aliphatic rings. The van der Waals surface area contributed by atoms with Gasteiger partial charge in [0, 0.05) is 12.4 Å². The number of rotatable bonds is 0. The Morgan fingerprint density at radius 1 is 1.45 bits per heavy atom. The van der Waals surface area contributed by atoms with Gasteiger partial charge in [0.15, 0.2) is 0 Å². The number of H-pyrrole nitrogens is 1. The molecule has 11 heavy (non-hydrogen) atoms. The van der Waals surface area contributed by atoms with E-state index in [-0.39, 0.29) is 56.9 Å². The number of hydrogen-bond donors (Lipinski definition) is 3. The van der Waals surface area contributed by atoms with Crippen molar-refractivity contribution in [2.24, 2.45) is 0 Å². The molecule has 5 N–H and O–H groups in total. The number of aromatic amines is 1. The maximum absolute atomic E-state index is 8.74. The first kappa shape index (κ1) is 17.9. The van der Waals surface area contributed by atoms with Gasteiger partial charge in [-0.25, -0.2) is 4.98 Å². The molecule has 0 atom stereocenters. The standard InChI is InChI=1S/C3H4N2.K.H3O3P.H2O.H/c1-2-5-3-4-1;;1-4(2)3;;/h1-3H,(H,4,5);;4H,(H2,1,2,3);1H2;. The largest absolute Gasteiger partial charge is 0.351 e. The molecule has 1 heterocycles. The van der Waals surface area contributed by atoms with E-state index >= 15 is 0 Å². The summed E-state index contributed by atoms with van der Waals surface area (Å²) in [7, 11) is -3.13. The summed E-state index contributed by atoms with van der Waals surface area (Å²) in [6.07, 6.45) is 5.08. The normalized spacial score (nSPS) is 6.82. The second-order valence-electron chi connectivity index (χ2n) is 1.04. The molecule has 0 aliphatic heterocycles. The van der Waals surface area contributed by atoms with Crippen LogP contribution in [0.25, 0.3) is 0 Å². The third-order valence-electron chi connectivity index (χ3n) is 0.406. The zero-order valence-electron chi connectivity index (χ0n) is 4.98. The van der Waals surface area contributed by atoms with Crippen LogP contribution in [0.1, 0.15) is 0 Å². The van der Waals surface area contributed by atoms with E-state index in [1.54, 1.807) is 18.7 Å². The van der Waals surface area contributed by atoms with Gasteiger partial charge in [-0.15, -0.1) is 0 Å². The Bertz CT molecular complexity index is 137. The third-order valence-corrected chi connectivity index (χ3v) is 0.406. The average Bonchev–Trinajstić information content (AvgIpc) is 2.11. The average molecular weight is 208 g/mol. The van der Waals surface area contributed by atoms with E-state index < -0.39 is 8.25 Å². The smallest absolute Gasteiger partial charge is 0.0919 e. The molecule has 1 aromatic rings. The van der Waals surface area contributed by atoms with Crippen LogP contribution in [-0.4, -0.2) is 76.6 Å². The molecule has 1 aromatic heterocycles. The Morgan fingerprint density at radius 3 is 2.00 bits per heavy atom. The predicted octanol–water partition coefficient (Wildman–Crippen LogP) is -1.70. The number of nitrogens with zero attached hydrogens (tertiary/aromatic N) is 1. The topological polar surface area (TPSA) is 118 Å². The van der Waals surface area contributed by atoms with Crippen LogP contribution in [0, 0.1) is 0 Å². The minimum absolute atomic E-state index is 0. The summed E-state index contributed by atoms with van der Waals surface area (Å²) in [6.45, 7) is 0. The van der Waals surface area contributed by atoms with Gasteiger partial charge in [0.25, 0.3) is 0 Å². The van der Waals surface area contributed by atoms with E-state index in [4.69, 9.17) is 14.4 Å². The van der Waals surface area contributed by atoms with Crippen molar-refractivity contribution in [2.45, 2.75) is 0 Å². The number of hydrogen-bond acceptors (Lipinski definition) is 2. The van der Waals surface area contributed by atoms with Crippen LogP contribution >= 0.6 is 8.25 Å².